The van der Waals surface area contributed by atoms with Crippen molar-refractivity contribution in [2.75, 3.05) is 39.9 Å². The highest BCUT2D eigenvalue weighted by Gasteiger charge is 2.28. The first-order chi connectivity index (χ1) is 10.1. The summed E-state index contributed by atoms with van der Waals surface area (Å²) in [7, 11) is 1.85. The van der Waals surface area contributed by atoms with Crippen LogP contribution in [0.15, 0.2) is 0 Å². The van der Waals surface area contributed by atoms with Gasteiger partial charge in [-0.05, 0) is 37.5 Å². The van der Waals surface area contributed by atoms with Gasteiger partial charge in [-0.1, -0.05) is 0 Å². The highest BCUT2D eigenvalue weighted by atomic mass is 16.5. The molecule has 2 saturated heterocycles. The molecule has 2 aliphatic rings. The van der Waals surface area contributed by atoms with Crippen LogP contribution < -0.4 is 0 Å². The van der Waals surface area contributed by atoms with Crippen LogP contribution in [0.1, 0.15) is 32.1 Å². The molecule has 0 radical (unpaired) electrons. The lowest BCUT2D eigenvalue weighted by molar-refractivity contribution is -0.138. The van der Waals surface area contributed by atoms with E-state index in [1.54, 1.807) is 4.90 Å². The molecule has 0 spiro atoms. The molecule has 1 unspecified atom stereocenters. The van der Waals surface area contributed by atoms with Crippen LogP contribution >= 0.6 is 0 Å². The summed E-state index contributed by atoms with van der Waals surface area (Å²) in [6.07, 6.45) is 3.99. The molecule has 2 rings (SSSR count). The topological polar surface area (TPSA) is 70.1 Å². The van der Waals surface area contributed by atoms with Crippen LogP contribution in [-0.2, 0) is 9.53 Å². The molecular weight excluding hydrogens is 272 g/mol. The number of carboxylic acids is 1. The van der Waals surface area contributed by atoms with Gasteiger partial charge >= 0.3 is 12.0 Å². The molecule has 6 heteroatoms. The van der Waals surface area contributed by atoms with Crippen LogP contribution in [-0.4, -0.2) is 66.8 Å². The number of hydrogen-bond acceptors (Lipinski definition) is 3. The number of rotatable bonds is 4. The monoisotopic (exact) mass is 298 g/mol. The lowest BCUT2D eigenvalue weighted by Crippen LogP contribution is -2.48. The summed E-state index contributed by atoms with van der Waals surface area (Å²) >= 11 is 0. The summed E-state index contributed by atoms with van der Waals surface area (Å²) in [5.41, 5.74) is 0. The standard InChI is InChI=1S/C15H26N2O4/c1-16(10-12-4-7-21-8-5-12)15(20)17-6-2-3-13(11-17)9-14(18)19/h12-13H,2-11H2,1H3,(H,18,19). The van der Waals surface area contributed by atoms with E-state index in [1.165, 1.54) is 0 Å². The van der Waals surface area contributed by atoms with Gasteiger partial charge in [0.2, 0.25) is 0 Å². The number of carboxylic acid groups (broad SMARTS) is 1. The first-order valence-electron chi connectivity index (χ1n) is 7.86. The van der Waals surface area contributed by atoms with Crippen molar-refractivity contribution in [2.45, 2.75) is 32.1 Å². The summed E-state index contributed by atoms with van der Waals surface area (Å²) < 4.78 is 5.34. The zero-order valence-electron chi connectivity index (χ0n) is 12.8. The number of amides is 2. The van der Waals surface area contributed by atoms with Crippen LogP contribution in [0.5, 0.6) is 0 Å². The highest BCUT2D eigenvalue weighted by Crippen LogP contribution is 2.21. The van der Waals surface area contributed by atoms with Crippen LogP contribution in [0.4, 0.5) is 4.79 Å². The number of ether oxygens (including phenoxy) is 1. The maximum Gasteiger partial charge on any atom is 0.319 e. The Balaban J connectivity index is 1.81. The molecule has 2 aliphatic heterocycles. The first kappa shape index (κ1) is 16.1. The molecule has 6 nitrogen and oxygen atoms in total. The average molecular weight is 298 g/mol. The summed E-state index contributed by atoms with van der Waals surface area (Å²) in [4.78, 5) is 26.9. The predicted molar refractivity (Wildman–Crippen MR) is 78.1 cm³/mol. The van der Waals surface area contributed by atoms with Gasteiger partial charge in [0, 0.05) is 46.3 Å². The van der Waals surface area contributed by atoms with Gasteiger partial charge in [-0.2, -0.15) is 0 Å². The quantitative estimate of drug-likeness (QED) is 0.857. The van der Waals surface area contributed by atoms with E-state index in [2.05, 4.69) is 0 Å². The summed E-state index contributed by atoms with van der Waals surface area (Å²) in [5.74, 6) is -0.158. The number of likely N-dealkylation sites (tertiary alicyclic amines) is 1. The molecule has 0 aliphatic carbocycles. The highest BCUT2D eigenvalue weighted by molar-refractivity contribution is 5.74. The number of urea groups is 1. The SMILES string of the molecule is CN(CC1CCOCC1)C(=O)N1CCCC(CC(=O)O)C1. The maximum atomic E-state index is 12.5. The smallest absolute Gasteiger partial charge is 0.319 e. The van der Waals surface area contributed by atoms with Crippen LogP contribution in [0.2, 0.25) is 0 Å². The van der Waals surface area contributed by atoms with Gasteiger partial charge in [-0.25, -0.2) is 4.79 Å². The minimum absolute atomic E-state index is 0.0385. The second kappa shape index (κ2) is 7.64. The van der Waals surface area contributed by atoms with Crippen molar-refractivity contribution >= 4 is 12.0 Å². The van der Waals surface area contributed by atoms with Crippen molar-refractivity contribution in [1.29, 1.82) is 0 Å². The van der Waals surface area contributed by atoms with Crippen LogP contribution in [0, 0.1) is 11.8 Å². The molecule has 2 amide bonds. The van der Waals surface area contributed by atoms with Gasteiger partial charge in [-0.15, -0.1) is 0 Å². The Morgan fingerprint density at radius 1 is 1.24 bits per heavy atom. The molecule has 1 N–H and O–H groups in total. The van der Waals surface area contributed by atoms with E-state index in [-0.39, 0.29) is 18.4 Å². The molecule has 0 bridgehead atoms. The largest absolute Gasteiger partial charge is 0.481 e. The lowest BCUT2D eigenvalue weighted by Gasteiger charge is -2.36. The van der Waals surface area contributed by atoms with Gasteiger partial charge in [0.1, 0.15) is 0 Å². The molecule has 2 heterocycles. The molecule has 0 saturated carbocycles. The Hall–Kier alpha value is -1.30. The third-order valence-corrected chi connectivity index (χ3v) is 4.45. The zero-order valence-corrected chi connectivity index (χ0v) is 12.8. The van der Waals surface area contributed by atoms with Crippen molar-refractivity contribution in [1.82, 2.24) is 9.80 Å². The van der Waals surface area contributed by atoms with E-state index < -0.39 is 5.97 Å². The summed E-state index contributed by atoms with van der Waals surface area (Å²) in [6.45, 7) is 3.66. The van der Waals surface area contributed by atoms with E-state index in [4.69, 9.17) is 9.84 Å². The number of aliphatic carboxylic acids is 1. The maximum absolute atomic E-state index is 12.5. The minimum Gasteiger partial charge on any atom is -0.481 e. The van der Waals surface area contributed by atoms with Crippen molar-refractivity contribution < 1.29 is 19.4 Å². The predicted octanol–water partition coefficient (Wildman–Crippen LogP) is 1.65. The number of nitrogens with zero attached hydrogens (tertiary/aromatic N) is 2. The summed E-state index contributed by atoms with van der Waals surface area (Å²) in [6, 6.07) is 0.0385. The van der Waals surface area contributed by atoms with Crippen LogP contribution in [0.3, 0.4) is 0 Å². The second-order valence-electron chi connectivity index (χ2n) is 6.27. The second-order valence-corrected chi connectivity index (χ2v) is 6.27. The molecule has 21 heavy (non-hydrogen) atoms. The normalized spacial score (nSPS) is 23.9. The van der Waals surface area contributed by atoms with E-state index in [0.717, 1.165) is 52.0 Å². The van der Waals surface area contributed by atoms with Crippen LogP contribution in [0.25, 0.3) is 0 Å². The van der Waals surface area contributed by atoms with E-state index in [0.29, 0.717) is 12.5 Å². The van der Waals surface area contributed by atoms with E-state index in [1.807, 2.05) is 11.9 Å². The van der Waals surface area contributed by atoms with E-state index >= 15 is 0 Å². The first-order valence-corrected chi connectivity index (χ1v) is 7.86. The van der Waals surface area contributed by atoms with Crippen molar-refractivity contribution in [3.8, 4) is 0 Å². The van der Waals surface area contributed by atoms with Gasteiger partial charge in [0.15, 0.2) is 0 Å². The molecule has 2 fully saturated rings. The van der Waals surface area contributed by atoms with Crippen molar-refractivity contribution in [2.24, 2.45) is 11.8 Å². The van der Waals surface area contributed by atoms with Crippen molar-refractivity contribution in [3.05, 3.63) is 0 Å². The fourth-order valence-electron chi connectivity index (χ4n) is 3.29. The molecule has 120 valence electrons. The minimum atomic E-state index is -0.773. The lowest BCUT2D eigenvalue weighted by atomic mass is 9.95. The molecule has 1 atom stereocenters. The Morgan fingerprint density at radius 2 is 1.95 bits per heavy atom. The Kier molecular flexibility index (Phi) is 5.85. The molecule has 0 aromatic carbocycles. The van der Waals surface area contributed by atoms with Gasteiger partial charge in [0.25, 0.3) is 0 Å². The van der Waals surface area contributed by atoms with Gasteiger partial charge in [0.05, 0.1) is 0 Å². The fraction of sp³-hybridized carbons (Fsp3) is 0.867. The average Bonchev–Trinajstić information content (AvgIpc) is 2.47. The molecule has 0 aromatic heterocycles. The summed E-state index contributed by atoms with van der Waals surface area (Å²) in [5, 5.41) is 8.89. The zero-order chi connectivity index (χ0) is 15.2. The Labute approximate surface area is 126 Å². The number of hydrogen-bond donors (Lipinski definition) is 1. The third kappa shape index (κ3) is 4.88. The number of piperidine rings is 1. The molecule has 0 aromatic rings. The Morgan fingerprint density at radius 3 is 2.62 bits per heavy atom. The van der Waals surface area contributed by atoms with Gasteiger partial charge < -0.3 is 19.6 Å². The van der Waals surface area contributed by atoms with E-state index in [9.17, 15) is 9.59 Å². The Bertz CT molecular complexity index is 369. The molecular formula is C15H26N2O4. The number of carbonyl (C=O) groups is 2. The third-order valence-electron chi connectivity index (χ3n) is 4.45. The van der Waals surface area contributed by atoms with Gasteiger partial charge in [-0.3, -0.25) is 4.79 Å². The number of carbonyl (C=O) groups excluding carboxylic acids is 1. The van der Waals surface area contributed by atoms with Crippen molar-refractivity contribution in [3.63, 3.8) is 0 Å². The fourth-order valence-corrected chi connectivity index (χ4v) is 3.29.